The molecule has 0 radical (unpaired) electrons. The minimum atomic E-state index is -3.87. The number of sulfonamides is 1. The number of methoxy groups -OCH3 is 1. The Morgan fingerprint density at radius 1 is 1.09 bits per heavy atom. The van der Waals surface area contributed by atoms with Gasteiger partial charge in [0, 0.05) is 24.2 Å². The molecular weight excluding hydrogens is 448 g/mol. The minimum Gasteiger partial charge on any atom is -0.497 e. The van der Waals surface area contributed by atoms with Crippen molar-refractivity contribution in [2.45, 2.75) is 36.9 Å². The van der Waals surface area contributed by atoms with Gasteiger partial charge >= 0.3 is 0 Å². The van der Waals surface area contributed by atoms with Crippen molar-refractivity contribution < 1.29 is 17.9 Å². The van der Waals surface area contributed by atoms with E-state index in [9.17, 15) is 8.42 Å². The number of fused-ring (bicyclic) bond motifs is 2. The van der Waals surface area contributed by atoms with Crippen molar-refractivity contribution >= 4 is 20.9 Å². The Bertz CT molecular complexity index is 1340. The Hall–Kier alpha value is -3.00. The number of pyridine rings is 1. The first-order valence-corrected chi connectivity index (χ1v) is 12.9. The van der Waals surface area contributed by atoms with Crippen LogP contribution in [0.1, 0.15) is 24.0 Å². The molecule has 2 aromatic carbocycles. The Morgan fingerprint density at radius 2 is 1.91 bits per heavy atom. The minimum absolute atomic E-state index is 0.159. The number of nitrogens with zero attached hydrogens (tertiary/aromatic N) is 2. The van der Waals surface area contributed by atoms with Crippen LogP contribution in [-0.4, -0.2) is 37.5 Å². The zero-order valence-electron chi connectivity index (χ0n) is 19.1. The third kappa shape index (κ3) is 4.51. The van der Waals surface area contributed by atoms with Gasteiger partial charge in [0.2, 0.25) is 10.0 Å². The first kappa shape index (κ1) is 22.8. The molecular formula is C27H28N2O4S. The number of ether oxygens (including phenoxy) is 2. The molecule has 0 N–H and O–H groups in total. The quantitative estimate of drug-likeness (QED) is 0.528. The van der Waals surface area contributed by atoms with Gasteiger partial charge in [0.1, 0.15) is 10.7 Å². The molecule has 1 aromatic heterocycles. The molecule has 2 atom stereocenters. The van der Waals surface area contributed by atoms with Gasteiger partial charge in [0.15, 0.2) is 0 Å². The summed E-state index contributed by atoms with van der Waals surface area (Å²) < 4.78 is 41.5. The highest BCUT2D eigenvalue weighted by Crippen LogP contribution is 2.32. The SMILES string of the molecule is COC1=CC(CC2COCc3ccccc3CN2S(=O)(=O)c2cccc3cccnc23)CC=C1. The topological polar surface area (TPSA) is 68.7 Å². The van der Waals surface area contributed by atoms with Crippen molar-refractivity contribution in [3.8, 4) is 0 Å². The number of hydrogen-bond donors (Lipinski definition) is 0. The van der Waals surface area contributed by atoms with Crippen LogP contribution in [0.3, 0.4) is 0 Å². The van der Waals surface area contributed by atoms with Gasteiger partial charge in [0.05, 0.1) is 25.8 Å². The first-order valence-electron chi connectivity index (χ1n) is 11.5. The second-order valence-corrected chi connectivity index (χ2v) is 10.6. The zero-order chi connectivity index (χ0) is 23.5. The molecule has 0 fully saturated rings. The molecule has 34 heavy (non-hydrogen) atoms. The average Bonchev–Trinajstić information content (AvgIpc) is 2.85. The van der Waals surface area contributed by atoms with Crippen LogP contribution in [0, 0.1) is 5.92 Å². The molecule has 176 valence electrons. The van der Waals surface area contributed by atoms with E-state index in [1.807, 2.05) is 48.5 Å². The number of rotatable bonds is 5. The maximum absolute atomic E-state index is 14.2. The number of benzene rings is 2. The second kappa shape index (κ2) is 9.70. The van der Waals surface area contributed by atoms with E-state index >= 15 is 0 Å². The normalized spacial score (nSPS) is 21.4. The van der Waals surface area contributed by atoms with E-state index in [2.05, 4.69) is 17.1 Å². The van der Waals surface area contributed by atoms with Gasteiger partial charge in [-0.15, -0.1) is 0 Å². The molecule has 2 heterocycles. The summed E-state index contributed by atoms with van der Waals surface area (Å²) in [5.41, 5.74) is 2.46. The number of allylic oxidation sites excluding steroid dienone is 3. The van der Waals surface area contributed by atoms with Crippen LogP contribution in [0.2, 0.25) is 0 Å². The maximum atomic E-state index is 14.2. The average molecular weight is 477 g/mol. The van der Waals surface area contributed by atoms with Crippen LogP contribution in [0.25, 0.3) is 10.9 Å². The fourth-order valence-electron chi connectivity index (χ4n) is 4.78. The highest BCUT2D eigenvalue weighted by molar-refractivity contribution is 7.89. The van der Waals surface area contributed by atoms with E-state index in [0.29, 0.717) is 31.7 Å². The van der Waals surface area contributed by atoms with E-state index in [0.717, 1.165) is 28.7 Å². The molecule has 7 heteroatoms. The third-order valence-electron chi connectivity index (χ3n) is 6.53. The van der Waals surface area contributed by atoms with Crippen molar-refractivity contribution in [1.82, 2.24) is 9.29 Å². The van der Waals surface area contributed by atoms with E-state index in [4.69, 9.17) is 9.47 Å². The smallest absolute Gasteiger partial charge is 0.245 e. The molecule has 1 aliphatic carbocycles. The van der Waals surface area contributed by atoms with Gasteiger partial charge < -0.3 is 9.47 Å². The summed E-state index contributed by atoms with van der Waals surface area (Å²) in [6, 6.07) is 16.6. The maximum Gasteiger partial charge on any atom is 0.245 e. The Balaban J connectivity index is 1.58. The molecule has 0 spiro atoms. The monoisotopic (exact) mass is 476 g/mol. The van der Waals surface area contributed by atoms with Crippen LogP contribution in [0.4, 0.5) is 0 Å². The van der Waals surface area contributed by atoms with Gasteiger partial charge in [-0.25, -0.2) is 8.42 Å². The number of aromatic nitrogens is 1. The van der Waals surface area contributed by atoms with Gasteiger partial charge in [-0.1, -0.05) is 48.5 Å². The lowest BCUT2D eigenvalue weighted by molar-refractivity contribution is 0.0603. The third-order valence-corrected chi connectivity index (χ3v) is 8.46. The molecule has 0 saturated heterocycles. The van der Waals surface area contributed by atoms with E-state index in [1.165, 1.54) is 0 Å². The Labute approximate surface area is 200 Å². The molecule has 2 aliphatic rings. The van der Waals surface area contributed by atoms with Gasteiger partial charge in [-0.3, -0.25) is 4.98 Å². The van der Waals surface area contributed by atoms with Gasteiger partial charge in [0.25, 0.3) is 0 Å². The molecule has 5 rings (SSSR count). The lowest BCUT2D eigenvalue weighted by Crippen LogP contribution is -2.44. The summed E-state index contributed by atoms with van der Waals surface area (Å²) in [5.74, 6) is 0.965. The van der Waals surface area contributed by atoms with Crippen LogP contribution >= 0.6 is 0 Å². The largest absolute Gasteiger partial charge is 0.497 e. The molecule has 0 saturated carbocycles. The van der Waals surface area contributed by atoms with E-state index < -0.39 is 10.0 Å². The molecule has 6 nitrogen and oxygen atoms in total. The summed E-state index contributed by atoms with van der Waals surface area (Å²) in [5, 5.41) is 0.800. The van der Waals surface area contributed by atoms with E-state index in [-0.39, 0.29) is 16.9 Å². The number of hydrogen-bond acceptors (Lipinski definition) is 5. The molecule has 0 bridgehead atoms. The summed E-state index contributed by atoms with van der Waals surface area (Å²) >= 11 is 0. The molecule has 0 amide bonds. The molecule has 1 aliphatic heterocycles. The summed E-state index contributed by atoms with van der Waals surface area (Å²) in [7, 11) is -2.22. The highest BCUT2D eigenvalue weighted by atomic mass is 32.2. The lowest BCUT2D eigenvalue weighted by atomic mass is 9.92. The second-order valence-electron chi connectivity index (χ2n) is 8.73. The summed E-state index contributed by atoms with van der Waals surface area (Å²) in [6.45, 7) is 1.08. The first-order chi connectivity index (χ1) is 16.6. The standard InChI is InChI=1S/C27H28N2O4S/c1-32-25-12-4-7-20(16-25)15-24-19-33-18-23-9-3-2-8-22(23)17-29(24)34(30,31)26-13-5-10-21-11-6-14-28-27(21)26/h2-6,8-14,16,20,24H,7,15,17-19H2,1H3. The highest BCUT2D eigenvalue weighted by Gasteiger charge is 2.36. The van der Waals surface area contributed by atoms with Crippen molar-refractivity contribution in [3.63, 3.8) is 0 Å². The predicted octanol–water partition coefficient (Wildman–Crippen LogP) is 4.82. The summed E-state index contributed by atoms with van der Waals surface area (Å²) in [4.78, 5) is 4.65. The van der Waals surface area contributed by atoms with Crippen LogP contribution in [0.15, 0.2) is 89.7 Å². The lowest BCUT2D eigenvalue weighted by Gasteiger charge is -2.35. The fraction of sp³-hybridized carbons (Fsp3) is 0.296. The van der Waals surface area contributed by atoms with Crippen LogP contribution in [0.5, 0.6) is 0 Å². The summed E-state index contributed by atoms with van der Waals surface area (Å²) in [6.07, 6.45) is 9.22. The van der Waals surface area contributed by atoms with Crippen LogP contribution in [-0.2, 0) is 32.6 Å². The molecule has 2 unspecified atom stereocenters. The predicted molar refractivity (Wildman–Crippen MR) is 131 cm³/mol. The van der Waals surface area contributed by atoms with Gasteiger partial charge in [-0.2, -0.15) is 4.31 Å². The molecule has 3 aromatic rings. The number of para-hydroxylation sites is 1. The van der Waals surface area contributed by atoms with Crippen molar-refractivity contribution in [1.29, 1.82) is 0 Å². The Morgan fingerprint density at radius 3 is 2.76 bits per heavy atom. The van der Waals surface area contributed by atoms with Gasteiger partial charge in [-0.05, 0) is 54.2 Å². The Kier molecular flexibility index (Phi) is 6.50. The fourth-order valence-corrected chi connectivity index (χ4v) is 6.55. The van der Waals surface area contributed by atoms with Crippen molar-refractivity contribution in [3.05, 3.63) is 95.9 Å². The van der Waals surface area contributed by atoms with Crippen molar-refractivity contribution in [2.24, 2.45) is 5.92 Å². The van der Waals surface area contributed by atoms with Crippen LogP contribution < -0.4 is 0 Å². The van der Waals surface area contributed by atoms with Crippen molar-refractivity contribution in [2.75, 3.05) is 13.7 Å². The van der Waals surface area contributed by atoms with E-state index in [1.54, 1.807) is 29.7 Å². The zero-order valence-corrected chi connectivity index (χ0v) is 19.9.